The zero-order chi connectivity index (χ0) is 20.0. The van der Waals surface area contributed by atoms with Crippen LogP contribution in [0.2, 0.25) is 0 Å². The van der Waals surface area contributed by atoms with Gasteiger partial charge >= 0.3 is 0 Å². The van der Waals surface area contributed by atoms with E-state index in [4.69, 9.17) is 4.74 Å². The van der Waals surface area contributed by atoms with Crippen LogP contribution < -0.4 is 4.74 Å². The Morgan fingerprint density at radius 2 is 1.72 bits per heavy atom. The van der Waals surface area contributed by atoms with E-state index < -0.39 is 0 Å². The van der Waals surface area contributed by atoms with E-state index in [2.05, 4.69) is 85.5 Å². The number of hydrogen-bond donors (Lipinski definition) is 0. The van der Waals surface area contributed by atoms with Gasteiger partial charge < -0.3 is 4.74 Å². The number of fused-ring (bicyclic) bond motifs is 5. The number of benzene rings is 3. The summed E-state index contributed by atoms with van der Waals surface area (Å²) < 4.78 is 5.32. The summed E-state index contributed by atoms with van der Waals surface area (Å²) >= 11 is 0. The highest BCUT2D eigenvalue weighted by Crippen LogP contribution is 2.53. The molecule has 0 aromatic heterocycles. The lowest BCUT2D eigenvalue weighted by Crippen LogP contribution is -2.36. The Balaban J connectivity index is 1.48. The zero-order valence-electron chi connectivity index (χ0n) is 17.6. The maximum atomic E-state index is 5.32. The molecule has 2 bridgehead atoms. The van der Waals surface area contributed by atoms with E-state index in [-0.39, 0.29) is 0 Å². The minimum Gasteiger partial charge on any atom is -0.497 e. The van der Waals surface area contributed by atoms with E-state index in [0.29, 0.717) is 17.9 Å². The number of aryl methyl sites for hydroxylation is 1. The normalized spacial score (nSPS) is 23.1. The molecule has 2 unspecified atom stereocenters. The third-order valence-electron chi connectivity index (χ3n) is 6.95. The molecule has 1 heterocycles. The molecule has 3 atom stereocenters. The molecule has 0 radical (unpaired) electrons. The van der Waals surface area contributed by atoms with Crippen LogP contribution in [-0.4, -0.2) is 18.6 Å². The Morgan fingerprint density at radius 1 is 0.931 bits per heavy atom. The molecule has 2 heteroatoms. The van der Waals surface area contributed by atoms with E-state index in [9.17, 15) is 0 Å². The van der Waals surface area contributed by atoms with Crippen molar-refractivity contribution in [1.82, 2.24) is 4.90 Å². The minimum atomic E-state index is 0.510. The van der Waals surface area contributed by atoms with Gasteiger partial charge in [0.25, 0.3) is 0 Å². The van der Waals surface area contributed by atoms with Crippen molar-refractivity contribution in [3.8, 4) is 16.9 Å². The van der Waals surface area contributed by atoms with Crippen LogP contribution in [0.3, 0.4) is 0 Å². The Labute approximate surface area is 174 Å². The van der Waals surface area contributed by atoms with Crippen molar-refractivity contribution in [3.05, 3.63) is 89.0 Å². The van der Waals surface area contributed by atoms with E-state index in [1.54, 1.807) is 18.2 Å². The van der Waals surface area contributed by atoms with E-state index >= 15 is 0 Å². The number of rotatable bonds is 4. The second kappa shape index (κ2) is 7.35. The smallest absolute Gasteiger partial charge is 0.118 e. The number of hydrogen-bond acceptors (Lipinski definition) is 2. The summed E-state index contributed by atoms with van der Waals surface area (Å²) in [6.07, 6.45) is 1.25. The van der Waals surface area contributed by atoms with Crippen molar-refractivity contribution >= 4 is 0 Å². The van der Waals surface area contributed by atoms with Gasteiger partial charge in [-0.3, -0.25) is 4.90 Å². The number of likely N-dealkylation sites (tertiary alicyclic amines) is 1. The van der Waals surface area contributed by atoms with Crippen molar-refractivity contribution in [2.24, 2.45) is 5.92 Å². The molecule has 1 aliphatic carbocycles. The second-order valence-corrected chi connectivity index (χ2v) is 8.73. The van der Waals surface area contributed by atoms with Crippen LogP contribution in [0.5, 0.6) is 5.75 Å². The van der Waals surface area contributed by atoms with Crippen molar-refractivity contribution in [1.29, 1.82) is 0 Å². The van der Waals surface area contributed by atoms with Gasteiger partial charge in [0.1, 0.15) is 5.75 Å². The largest absolute Gasteiger partial charge is 0.497 e. The third-order valence-corrected chi connectivity index (χ3v) is 6.95. The molecule has 0 N–H and O–H groups in total. The van der Waals surface area contributed by atoms with Crippen molar-refractivity contribution < 1.29 is 4.74 Å². The molecule has 1 aliphatic heterocycles. The molecule has 29 heavy (non-hydrogen) atoms. The van der Waals surface area contributed by atoms with Gasteiger partial charge in [0.2, 0.25) is 0 Å². The van der Waals surface area contributed by atoms with Crippen LogP contribution in [0.4, 0.5) is 0 Å². The summed E-state index contributed by atoms with van der Waals surface area (Å²) in [6, 6.07) is 25.1. The Kier molecular flexibility index (Phi) is 4.67. The summed E-state index contributed by atoms with van der Waals surface area (Å²) in [5.41, 5.74) is 8.47. The molecule has 2 aliphatic rings. The summed E-state index contributed by atoms with van der Waals surface area (Å²) in [7, 11) is 1.72. The molecular weight excluding hydrogens is 354 g/mol. The SMILES string of the molecule is COc1ccc(CN2CCC3c4ccc(-c5cccc(C)c5)cc4C2[C@H]3C)cc1. The molecule has 148 valence electrons. The van der Waals surface area contributed by atoms with Crippen LogP contribution >= 0.6 is 0 Å². The fraction of sp³-hybridized carbons (Fsp3) is 0.333. The molecule has 0 amide bonds. The monoisotopic (exact) mass is 383 g/mol. The third kappa shape index (κ3) is 3.26. The van der Waals surface area contributed by atoms with Crippen molar-refractivity contribution in [2.45, 2.75) is 38.8 Å². The quantitative estimate of drug-likeness (QED) is 0.520. The lowest BCUT2D eigenvalue weighted by Gasteiger charge is -2.38. The van der Waals surface area contributed by atoms with Gasteiger partial charge in [0, 0.05) is 12.6 Å². The van der Waals surface area contributed by atoms with Crippen LogP contribution in [0.1, 0.15) is 47.6 Å². The van der Waals surface area contributed by atoms with Crippen LogP contribution in [0, 0.1) is 12.8 Å². The Morgan fingerprint density at radius 3 is 2.48 bits per heavy atom. The summed E-state index contributed by atoms with van der Waals surface area (Å²) in [6.45, 7) is 6.78. The molecule has 3 aromatic carbocycles. The van der Waals surface area contributed by atoms with Gasteiger partial charge in [-0.25, -0.2) is 0 Å². The van der Waals surface area contributed by atoms with Crippen LogP contribution in [0.25, 0.3) is 11.1 Å². The zero-order valence-corrected chi connectivity index (χ0v) is 17.6. The molecule has 1 fully saturated rings. The second-order valence-electron chi connectivity index (χ2n) is 8.73. The molecule has 5 rings (SSSR count). The van der Waals surface area contributed by atoms with Crippen LogP contribution in [-0.2, 0) is 6.54 Å². The van der Waals surface area contributed by atoms with Gasteiger partial charge in [-0.15, -0.1) is 0 Å². The maximum absolute atomic E-state index is 5.32. The van der Waals surface area contributed by atoms with Gasteiger partial charge in [0.15, 0.2) is 0 Å². The molecule has 0 spiro atoms. The Hall–Kier alpha value is -2.58. The Bertz CT molecular complexity index is 1020. The van der Waals surface area contributed by atoms with Crippen LogP contribution in [0.15, 0.2) is 66.7 Å². The van der Waals surface area contributed by atoms with Crippen molar-refractivity contribution in [2.75, 3.05) is 13.7 Å². The topological polar surface area (TPSA) is 12.5 Å². The first-order chi connectivity index (χ1) is 14.1. The van der Waals surface area contributed by atoms with E-state index in [0.717, 1.165) is 12.3 Å². The predicted molar refractivity (Wildman–Crippen MR) is 119 cm³/mol. The standard InChI is InChI=1S/C27H29NO/c1-18-5-4-6-21(15-18)22-9-12-25-24-13-14-28(27(19(24)2)26(25)16-22)17-20-7-10-23(29-3)11-8-20/h4-12,15-16,19,24,27H,13-14,17H2,1-3H3/t19-,24?,27?/m0/s1. The fourth-order valence-corrected chi connectivity index (χ4v) is 5.49. The summed E-state index contributed by atoms with van der Waals surface area (Å²) in [4.78, 5) is 2.69. The maximum Gasteiger partial charge on any atom is 0.118 e. The minimum absolute atomic E-state index is 0.510. The predicted octanol–water partition coefficient (Wildman–Crippen LogP) is 6.35. The lowest BCUT2D eigenvalue weighted by molar-refractivity contribution is 0.0963. The first-order valence-corrected chi connectivity index (χ1v) is 10.7. The molecule has 2 nitrogen and oxygen atoms in total. The fourth-order valence-electron chi connectivity index (χ4n) is 5.49. The van der Waals surface area contributed by atoms with E-state index in [1.807, 2.05) is 0 Å². The molecular formula is C27H29NO. The van der Waals surface area contributed by atoms with Crippen molar-refractivity contribution in [3.63, 3.8) is 0 Å². The lowest BCUT2D eigenvalue weighted by atomic mass is 9.85. The molecule has 3 aromatic rings. The van der Waals surface area contributed by atoms with Gasteiger partial charge in [-0.2, -0.15) is 0 Å². The molecule has 1 saturated heterocycles. The highest BCUT2D eigenvalue weighted by molar-refractivity contribution is 5.67. The average Bonchev–Trinajstić information content (AvgIpc) is 2.91. The average molecular weight is 384 g/mol. The van der Waals surface area contributed by atoms with Gasteiger partial charge in [-0.05, 0) is 77.7 Å². The van der Waals surface area contributed by atoms with Gasteiger partial charge in [-0.1, -0.05) is 61.0 Å². The molecule has 0 saturated carbocycles. The van der Waals surface area contributed by atoms with Gasteiger partial charge in [0.05, 0.1) is 7.11 Å². The number of methoxy groups -OCH3 is 1. The number of nitrogens with zero attached hydrogens (tertiary/aromatic N) is 1. The summed E-state index contributed by atoms with van der Waals surface area (Å²) in [5, 5.41) is 0. The highest BCUT2D eigenvalue weighted by atomic mass is 16.5. The first-order valence-electron chi connectivity index (χ1n) is 10.7. The highest BCUT2D eigenvalue weighted by Gasteiger charge is 2.44. The number of piperidine rings is 1. The summed E-state index contributed by atoms with van der Waals surface area (Å²) in [5.74, 6) is 2.30. The van der Waals surface area contributed by atoms with E-state index in [1.165, 1.54) is 35.2 Å². The first kappa shape index (κ1) is 18.4. The number of ether oxygens (including phenoxy) is 1.